The van der Waals surface area contributed by atoms with E-state index in [0.29, 0.717) is 23.5 Å². The van der Waals surface area contributed by atoms with Crippen LogP contribution in [0.25, 0.3) is 0 Å². The van der Waals surface area contributed by atoms with Gasteiger partial charge in [-0.25, -0.2) is 0 Å². The molecule has 6 atom stereocenters. The number of esters is 1. The summed E-state index contributed by atoms with van der Waals surface area (Å²) >= 11 is 0. The zero-order valence-corrected chi connectivity index (χ0v) is 15.4. The van der Waals surface area contributed by atoms with E-state index in [0.717, 1.165) is 51.4 Å². The first-order valence-electron chi connectivity index (χ1n) is 9.94. The van der Waals surface area contributed by atoms with Crippen molar-refractivity contribution < 1.29 is 19.4 Å². The lowest BCUT2D eigenvalue weighted by atomic mass is 9.47. The first-order valence-corrected chi connectivity index (χ1v) is 9.94. The summed E-state index contributed by atoms with van der Waals surface area (Å²) in [5, 5.41) is 10.5. The lowest BCUT2D eigenvalue weighted by molar-refractivity contribution is -0.149. The number of fused-ring (bicyclic) bond motifs is 5. The van der Waals surface area contributed by atoms with Crippen molar-refractivity contribution in [1.29, 1.82) is 0 Å². The van der Waals surface area contributed by atoms with E-state index in [-0.39, 0.29) is 29.5 Å². The van der Waals surface area contributed by atoms with E-state index in [1.165, 1.54) is 12.5 Å². The van der Waals surface area contributed by atoms with Gasteiger partial charge in [0.15, 0.2) is 0 Å². The van der Waals surface area contributed by atoms with Crippen molar-refractivity contribution >= 4 is 11.8 Å². The SMILES string of the molecule is CC(=O)OC1CCC[C@@]2(CO)C1=CC[C@@H]1[C@@H]2CC[C@]2(C)C(=O)CC[C@@H]12. The Morgan fingerprint density at radius 2 is 2.08 bits per heavy atom. The molecule has 4 nitrogen and oxygen atoms in total. The minimum Gasteiger partial charge on any atom is -0.458 e. The van der Waals surface area contributed by atoms with Gasteiger partial charge in [-0.2, -0.15) is 0 Å². The van der Waals surface area contributed by atoms with Crippen molar-refractivity contribution in [3.05, 3.63) is 11.6 Å². The second-order valence-corrected chi connectivity index (χ2v) is 8.99. The Hall–Kier alpha value is -1.16. The zero-order chi connectivity index (χ0) is 17.8. The van der Waals surface area contributed by atoms with E-state index in [4.69, 9.17) is 4.74 Å². The third-order valence-corrected chi connectivity index (χ3v) is 8.07. The highest BCUT2D eigenvalue weighted by atomic mass is 16.5. The Morgan fingerprint density at radius 1 is 1.28 bits per heavy atom. The molecule has 4 heteroatoms. The van der Waals surface area contributed by atoms with Gasteiger partial charge in [-0.15, -0.1) is 0 Å². The van der Waals surface area contributed by atoms with Crippen molar-refractivity contribution in [3.63, 3.8) is 0 Å². The van der Waals surface area contributed by atoms with Crippen molar-refractivity contribution in [2.24, 2.45) is 28.6 Å². The maximum Gasteiger partial charge on any atom is 0.303 e. The lowest BCUT2D eigenvalue weighted by Crippen LogP contribution is -2.54. The quantitative estimate of drug-likeness (QED) is 0.615. The number of carbonyl (C=O) groups excluding carboxylic acids is 2. The summed E-state index contributed by atoms with van der Waals surface area (Å²) < 4.78 is 5.62. The number of aliphatic hydroxyl groups is 1. The number of ether oxygens (including phenoxy) is 1. The van der Waals surface area contributed by atoms with Crippen LogP contribution in [0.4, 0.5) is 0 Å². The average Bonchev–Trinajstić information content (AvgIpc) is 2.89. The fourth-order valence-corrected chi connectivity index (χ4v) is 6.90. The molecular weight excluding hydrogens is 316 g/mol. The smallest absolute Gasteiger partial charge is 0.303 e. The monoisotopic (exact) mass is 346 g/mol. The highest BCUT2D eigenvalue weighted by Crippen LogP contribution is 2.64. The van der Waals surface area contributed by atoms with Gasteiger partial charge in [-0.05, 0) is 68.3 Å². The minimum absolute atomic E-state index is 0.134. The van der Waals surface area contributed by atoms with Crippen LogP contribution in [-0.2, 0) is 14.3 Å². The summed E-state index contributed by atoms with van der Waals surface area (Å²) in [6.07, 6.45) is 9.58. The summed E-state index contributed by atoms with van der Waals surface area (Å²) in [4.78, 5) is 24.0. The molecule has 25 heavy (non-hydrogen) atoms. The number of Topliss-reactive ketones (excluding diaryl/α,β-unsaturated/α-hetero) is 1. The van der Waals surface area contributed by atoms with Crippen LogP contribution in [0.3, 0.4) is 0 Å². The molecule has 0 aliphatic heterocycles. The molecule has 0 aromatic rings. The number of ketones is 1. The standard InChI is InChI=1S/C21H30O4/c1-13(23)25-18-4-3-10-21(12-22)16-9-11-20(2)15(7-8-19(20)24)14(16)5-6-17(18)21/h6,14-16,18,22H,3-5,7-12H2,1-2H3/t14-,15-,16-,18?,20-,21-/m0/s1. The van der Waals surface area contributed by atoms with Gasteiger partial charge in [-0.3, -0.25) is 9.59 Å². The summed E-state index contributed by atoms with van der Waals surface area (Å²) in [6, 6.07) is 0. The van der Waals surface area contributed by atoms with E-state index >= 15 is 0 Å². The van der Waals surface area contributed by atoms with Crippen LogP contribution in [0.1, 0.15) is 65.2 Å². The van der Waals surface area contributed by atoms with Gasteiger partial charge in [0, 0.05) is 24.2 Å². The van der Waals surface area contributed by atoms with Crippen LogP contribution < -0.4 is 0 Å². The molecule has 3 fully saturated rings. The fraction of sp³-hybridized carbons (Fsp3) is 0.810. The van der Waals surface area contributed by atoms with Gasteiger partial charge in [0.1, 0.15) is 11.9 Å². The predicted octanol–water partition coefficient (Wildman–Crippen LogP) is 3.42. The summed E-state index contributed by atoms with van der Waals surface area (Å²) in [7, 11) is 0. The highest BCUT2D eigenvalue weighted by molar-refractivity contribution is 5.87. The molecule has 0 radical (unpaired) electrons. The topological polar surface area (TPSA) is 63.6 Å². The van der Waals surface area contributed by atoms with Gasteiger partial charge in [-0.1, -0.05) is 13.0 Å². The van der Waals surface area contributed by atoms with Crippen molar-refractivity contribution in [1.82, 2.24) is 0 Å². The molecule has 0 heterocycles. The van der Waals surface area contributed by atoms with Gasteiger partial charge in [0.05, 0.1) is 6.61 Å². The average molecular weight is 346 g/mol. The Kier molecular flexibility index (Phi) is 4.10. The van der Waals surface area contributed by atoms with Crippen LogP contribution in [0.5, 0.6) is 0 Å². The van der Waals surface area contributed by atoms with E-state index in [9.17, 15) is 14.7 Å². The molecule has 4 aliphatic carbocycles. The summed E-state index contributed by atoms with van der Waals surface area (Å²) in [5.74, 6) is 1.57. The first kappa shape index (κ1) is 17.3. The van der Waals surface area contributed by atoms with Crippen LogP contribution in [0, 0.1) is 28.6 Å². The van der Waals surface area contributed by atoms with E-state index in [1.54, 1.807) is 0 Å². The number of hydrogen-bond acceptors (Lipinski definition) is 4. The molecule has 4 rings (SSSR count). The maximum atomic E-state index is 12.5. The fourth-order valence-electron chi connectivity index (χ4n) is 6.90. The zero-order valence-electron chi connectivity index (χ0n) is 15.4. The molecule has 0 aromatic heterocycles. The molecule has 3 saturated carbocycles. The molecule has 0 bridgehead atoms. The van der Waals surface area contributed by atoms with E-state index in [2.05, 4.69) is 13.0 Å². The van der Waals surface area contributed by atoms with Crippen molar-refractivity contribution in [2.75, 3.05) is 6.61 Å². The summed E-state index contributed by atoms with van der Waals surface area (Å²) in [6.45, 7) is 3.78. The van der Waals surface area contributed by atoms with Crippen LogP contribution >= 0.6 is 0 Å². The predicted molar refractivity (Wildman–Crippen MR) is 93.7 cm³/mol. The number of aliphatic hydroxyl groups excluding tert-OH is 1. The molecule has 0 amide bonds. The third-order valence-electron chi connectivity index (χ3n) is 8.07. The van der Waals surface area contributed by atoms with Gasteiger partial charge in [0.2, 0.25) is 0 Å². The minimum atomic E-state index is -0.242. The van der Waals surface area contributed by atoms with Crippen molar-refractivity contribution in [2.45, 2.75) is 71.3 Å². The van der Waals surface area contributed by atoms with Gasteiger partial charge in [0.25, 0.3) is 0 Å². The molecule has 0 aromatic carbocycles. The highest BCUT2D eigenvalue weighted by Gasteiger charge is 2.60. The lowest BCUT2D eigenvalue weighted by Gasteiger charge is -2.57. The molecular formula is C21H30O4. The Labute approximate surface area is 150 Å². The number of carbonyl (C=O) groups is 2. The van der Waals surface area contributed by atoms with E-state index in [1.807, 2.05) is 0 Å². The van der Waals surface area contributed by atoms with Crippen LogP contribution in [0.2, 0.25) is 0 Å². The van der Waals surface area contributed by atoms with Crippen LogP contribution in [-0.4, -0.2) is 29.6 Å². The molecule has 0 saturated heterocycles. The Balaban J connectivity index is 1.71. The van der Waals surface area contributed by atoms with Crippen LogP contribution in [0.15, 0.2) is 11.6 Å². The second kappa shape index (κ2) is 5.94. The molecule has 0 spiro atoms. The third kappa shape index (κ3) is 2.36. The largest absolute Gasteiger partial charge is 0.458 e. The van der Waals surface area contributed by atoms with Gasteiger partial charge >= 0.3 is 5.97 Å². The molecule has 4 aliphatic rings. The summed E-state index contributed by atoms with van der Waals surface area (Å²) in [5.41, 5.74) is 0.784. The molecule has 138 valence electrons. The van der Waals surface area contributed by atoms with Gasteiger partial charge < -0.3 is 9.84 Å². The Morgan fingerprint density at radius 3 is 2.80 bits per heavy atom. The maximum absolute atomic E-state index is 12.5. The molecule has 1 N–H and O–H groups in total. The number of allylic oxidation sites excluding steroid dienone is 1. The Bertz CT molecular complexity index is 623. The number of hydrogen-bond donors (Lipinski definition) is 1. The normalized spacial score (nSPS) is 45.9. The second-order valence-electron chi connectivity index (χ2n) is 8.99. The van der Waals surface area contributed by atoms with E-state index < -0.39 is 0 Å². The van der Waals surface area contributed by atoms with Crippen molar-refractivity contribution in [3.8, 4) is 0 Å². The first-order chi connectivity index (χ1) is 11.9. The number of rotatable bonds is 2. The molecule has 1 unspecified atom stereocenters.